The van der Waals surface area contributed by atoms with Gasteiger partial charge in [-0.05, 0) is 31.9 Å². The molecule has 2 fully saturated rings. The standard InChI is InChI=1S/C20H26N4O4S/c1-14-5-3-8-16(11-14)20(25)23-12-17(13-23)24(29(2,26)27)10-9-18-21-19(28-22-18)15-6-4-7-15/h3,5,8,11,15,17H,4,6-7,9-10,12-13H2,1-2H3. The average molecular weight is 419 g/mol. The number of carbonyl (C=O) groups is 1. The summed E-state index contributed by atoms with van der Waals surface area (Å²) in [6, 6.07) is 7.20. The SMILES string of the molecule is Cc1cccc(C(=O)N2CC(N(CCc3noc(C4CCC4)n3)S(C)(=O)=O)C2)c1. The van der Waals surface area contributed by atoms with Gasteiger partial charge in [-0.2, -0.15) is 9.29 Å². The van der Waals surface area contributed by atoms with E-state index in [2.05, 4.69) is 10.1 Å². The van der Waals surface area contributed by atoms with Gasteiger partial charge in [0.1, 0.15) is 0 Å². The Bertz CT molecular complexity index is 993. The van der Waals surface area contributed by atoms with Gasteiger partial charge in [-0.25, -0.2) is 8.42 Å². The maximum atomic E-state index is 12.6. The molecule has 0 N–H and O–H groups in total. The van der Waals surface area contributed by atoms with Gasteiger partial charge in [0.25, 0.3) is 5.91 Å². The highest BCUT2D eigenvalue weighted by atomic mass is 32.2. The number of nitrogens with zero attached hydrogens (tertiary/aromatic N) is 4. The quantitative estimate of drug-likeness (QED) is 0.682. The number of hydrogen-bond donors (Lipinski definition) is 0. The van der Waals surface area contributed by atoms with E-state index in [4.69, 9.17) is 4.52 Å². The summed E-state index contributed by atoms with van der Waals surface area (Å²) in [5, 5.41) is 4.00. The lowest BCUT2D eigenvalue weighted by molar-refractivity contribution is 0.0454. The molecule has 2 heterocycles. The van der Waals surface area contributed by atoms with Gasteiger partial charge in [0.15, 0.2) is 5.82 Å². The first-order valence-electron chi connectivity index (χ1n) is 9.96. The predicted octanol–water partition coefficient (Wildman–Crippen LogP) is 1.97. The van der Waals surface area contributed by atoms with Crippen LogP contribution < -0.4 is 0 Å². The first kappa shape index (κ1) is 20.0. The van der Waals surface area contributed by atoms with Crippen LogP contribution in [0.4, 0.5) is 0 Å². The Morgan fingerprint density at radius 3 is 2.69 bits per heavy atom. The van der Waals surface area contributed by atoms with Crippen molar-refractivity contribution in [2.24, 2.45) is 0 Å². The van der Waals surface area contributed by atoms with Crippen LogP contribution in [0, 0.1) is 6.92 Å². The number of carbonyl (C=O) groups excluding carboxylic acids is 1. The van der Waals surface area contributed by atoms with E-state index in [1.54, 1.807) is 11.0 Å². The molecule has 2 aliphatic rings. The number of aryl methyl sites for hydroxylation is 1. The van der Waals surface area contributed by atoms with Crippen LogP contribution in [0.3, 0.4) is 0 Å². The summed E-state index contributed by atoms with van der Waals surface area (Å²) in [5.74, 6) is 1.49. The molecule has 1 amide bonds. The fourth-order valence-corrected chi connectivity index (χ4v) is 4.88. The second kappa shape index (κ2) is 7.87. The van der Waals surface area contributed by atoms with Crippen molar-refractivity contribution >= 4 is 15.9 Å². The van der Waals surface area contributed by atoms with Gasteiger partial charge in [0.2, 0.25) is 15.9 Å². The highest BCUT2D eigenvalue weighted by Gasteiger charge is 2.39. The van der Waals surface area contributed by atoms with Crippen molar-refractivity contribution in [2.75, 3.05) is 25.9 Å². The summed E-state index contributed by atoms with van der Waals surface area (Å²) in [7, 11) is -3.41. The molecule has 29 heavy (non-hydrogen) atoms. The lowest BCUT2D eigenvalue weighted by Gasteiger charge is -2.44. The van der Waals surface area contributed by atoms with Crippen molar-refractivity contribution in [3.8, 4) is 0 Å². The lowest BCUT2D eigenvalue weighted by Crippen LogP contribution is -2.62. The number of benzene rings is 1. The number of aromatic nitrogens is 2. The average Bonchev–Trinajstić information content (AvgIpc) is 3.01. The molecule has 2 aromatic rings. The zero-order chi connectivity index (χ0) is 20.6. The summed E-state index contributed by atoms with van der Waals surface area (Å²) in [6.45, 7) is 2.99. The molecule has 1 aromatic heterocycles. The van der Waals surface area contributed by atoms with Crippen molar-refractivity contribution in [1.82, 2.24) is 19.3 Å². The molecule has 1 aliphatic carbocycles. The molecular weight excluding hydrogens is 392 g/mol. The Balaban J connectivity index is 1.36. The molecule has 0 radical (unpaired) electrons. The fourth-order valence-electron chi connectivity index (χ4n) is 3.78. The topological polar surface area (TPSA) is 96.6 Å². The highest BCUT2D eigenvalue weighted by Crippen LogP contribution is 2.35. The second-order valence-electron chi connectivity index (χ2n) is 8.03. The maximum absolute atomic E-state index is 12.6. The van der Waals surface area contributed by atoms with Crippen LogP contribution in [0.25, 0.3) is 0 Å². The molecule has 0 spiro atoms. The fraction of sp³-hybridized carbons (Fsp3) is 0.550. The third-order valence-corrected chi connectivity index (χ3v) is 7.07. The van der Waals surface area contributed by atoms with E-state index in [1.165, 1.54) is 17.0 Å². The van der Waals surface area contributed by atoms with Crippen LogP contribution in [-0.2, 0) is 16.4 Å². The number of sulfonamides is 1. The monoisotopic (exact) mass is 418 g/mol. The van der Waals surface area contributed by atoms with Gasteiger partial charge >= 0.3 is 0 Å². The van der Waals surface area contributed by atoms with Crippen molar-refractivity contribution in [2.45, 2.75) is 44.6 Å². The first-order valence-corrected chi connectivity index (χ1v) is 11.8. The molecular formula is C20H26N4O4S. The highest BCUT2D eigenvalue weighted by molar-refractivity contribution is 7.88. The molecule has 1 saturated heterocycles. The third kappa shape index (κ3) is 4.35. The summed E-state index contributed by atoms with van der Waals surface area (Å²) in [4.78, 5) is 18.7. The van der Waals surface area contributed by atoms with Gasteiger partial charge in [-0.3, -0.25) is 4.79 Å². The number of rotatable bonds is 7. The zero-order valence-electron chi connectivity index (χ0n) is 16.7. The van der Waals surface area contributed by atoms with Crippen molar-refractivity contribution in [3.05, 3.63) is 47.1 Å². The lowest BCUT2D eigenvalue weighted by atomic mass is 9.85. The summed E-state index contributed by atoms with van der Waals surface area (Å²) in [6.07, 6.45) is 4.93. The number of hydrogen-bond acceptors (Lipinski definition) is 6. The van der Waals surface area contributed by atoms with Crippen LogP contribution in [-0.4, -0.2) is 65.6 Å². The normalized spacial score (nSPS) is 18.0. The molecule has 1 aliphatic heterocycles. The predicted molar refractivity (Wildman–Crippen MR) is 107 cm³/mol. The van der Waals surface area contributed by atoms with Crippen LogP contribution >= 0.6 is 0 Å². The third-order valence-electron chi connectivity index (χ3n) is 5.74. The minimum Gasteiger partial charge on any atom is -0.339 e. The van der Waals surface area contributed by atoms with Crippen molar-refractivity contribution in [3.63, 3.8) is 0 Å². The van der Waals surface area contributed by atoms with Crippen LogP contribution in [0.1, 0.15) is 52.8 Å². The molecule has 1 saturated carbocycles. The van der Waals surface area contributed by atoms with Crippen LogP contribution in [0.5, 0.6) is 0 Å². The summed E-state index contributed by atoms with van der Waals surface area (Å²) < 4.78 is 31.4. The van der Waals surface area contributed by atoms with E-state index < -0.39 is 10.0 Å². The molecule has 9 heteroatoms. The van der Waals surface area contributed by atoms with Gasteiger partial charge < -0.3 is 9.42 Å². The molecule has 156 valence electrons. The molecule has 0 atom stereocenters. The molecule has 0 unspecified atom stereocenters. The van der Waals surface area contributed by atoms with Crippen LogP contribution in [0.15, 0.2) is 28.8 Å². The first-order chi connectivity index (χ1) is 13.8. The summed E-state index contributed by atoms with van der Waals surface area (Å²) in [5.41, 5.74) is 1.65. The Morgan fingerprint density at radius 1 is 1.31 bits per heavy atom. The maximum Gasteiger partial charge on any atom is 0.253 e. The smallest absolute Gasteiger partial charge is 0.253 e. The van der Waals surface area contributed by atoms with E-state index in [-0.39, 0.29) is 18.5 Å². The van der Waals surface area contributed by atoms with Crippen LogP contribution in [0.2, 0.25) is 0 Å². The van der Waals surface area contributed by atoms with Gasteiger partial charge in [0, 0.05) is 37.5 Å². The second-order valence-corrected chi connectivity index (χ2v) is 9.97. The molecule has 4 rings (SSSR count). The van der Waals surface area contributed by atoms with E-state index in [1.807, 2.05) is 25.1 Å². The van der Waals surface area contributed by atoms with E-state index in [9.17, 15) is 13.2 Å². The van der Waals surface area contributed by atoms with Crippen molar-refractivity contribution < 1.29 is 17.7 Å². The number of amides is 1. The Labute approximate surface area is 170 Å². The minimum absolute atomic E-state index is 0.0679. The Morgan fingerprint density at radius 2 is 2.07 bits per heavy atom. The largest absolute Gasteiger partial charge is 0.339 e. The molecule has 8 nitrogen and oxygen atoms in total. The molecule has 0 bridgehead atoms. The Kier molecular flexibility index (Phi) is 5.44. The van der Waals surface area contributed by atoms with Gasteiger partial charge in [0.05, 0.1) is 12.3 Å². The Hall–Kier alpha value is -2.26. The minimum atomic E-state index is -3.41. The van der Waals surface area contributed by atoms with Gasteiger partial charge in [-0.15, -0.1) is 0 Å². The van der Waals surface area contributed by atoms with Gasteiger partial charge in [-0.1, -0.05) is 29.3 Å². The molecule has 1 aromatic carbocycles. The van der Waals surface area contributed by atoms with E-state index in [0.717, 1.165) is 18.4 Å². The number of likely N-dealkylation sites (tertiary alicyclic amines) is 1. The van der Waals surface area contributed by atoms with E-state index in [0.29, 0.717) is 42.7 Å². The van der Waals surface area contributed by atoms with Crippen molar-refractivity contribution in [1.29, 1.82) is 0 Å². The summed E-state index contributed by atoms with van der Waals surface area (Å²) >= 11 is 0. The van der Waals surface area contributed by atoms with E-state index >= 15 is 0 Å². The zero-order valence-corrected chi connectivity index (χ0v) is 17.6.